The van der Waals surface area contributed by atoms with E-state index >= 15 is 0 Å². The second-order valence-electron chi connectivity index (χ2n) is 3.79. The Morgan fingerprint density at radius 3 is 2.05 bits per heavy atom. The summed E-state index contributed by atoms with van der Waals surface area (Å²) in [5.41, 5.74) is 0.276. The smallest absolute Gasteiger partial charge is 0.251 e. The van der Waals surface area contributed by atoms with E-state index in [0.29, 0.717) is 17.2 Å². The predicted octanol–water partition coefficient (Wildman–Crippen LogP) is -0.418. The molecular formula is C13H16NO6-. The molecule has 0 bridgehead atoms. The van der Waals surface area contributed by atoms with E-state index in [-0.39, 0.29) is 18.5 Å². The van der Waals surface area contributed by atoms with Gasteiger partial charge in [0.25, 0.3) is 5.91 Å². The SMILES string of the molecule is COc1cc(C(=O)NCCC(=O)[O-])cc(OC)c1OC. The number of amides is 1. The monoisotopic (exact) mass is 282 g/mol. The van der Waals surface area contributed by atoms with E-state index in [4.69, 9.17) is 14.2 Å². The standard InChI is InChI=1S/C13H17NO6/c1-18-9-6-8(7-10(19-2)12(9)20-3)13(17)14-5-4-11(15)16/h6-7H,4-5H2,1-3H3,(H,14,17)(H,15,16)/p-1. The Labute approximate surface area is 116 Å². The molecule has 0 radical (unpaired) electrons. The fraction of sp³-hybridized carbons (Fsp3) is 0.385. The summed E-state index contributed by atoms with van der Waals surface area (Å²) in [6.07, 6.45) is -0.254. The molecule has 1 aromatic carbocycles. The van der Waals surface area contributed by atoms with E-state index in [1.807, 2.05) is 0 Å². The molecule has 110 valence electrons. The first-order valence-electron chi connectivity index (χ1n) is 5.81. The molecule has 0 aliphatic carbocycles. The Hall–Kier alpha value is -2.44. The number of carbonyl (C=O) groups excluding carboxylic acids is 2. The first-order chi connectivity index (χ1) is 9.53. The van der Waals surface area contributed by atoms with Crippen LogP contribution in [0.25, 0.3) is 0 Å². The lowest BCUT2D eigenvalue weighted by Crippen LogP contribution is -2.31. The minimum absolute atomic E-state index is 0.0160. The number of nitrogens with one attached hydrogen (secondary N) is 1. The third-order valence-electron chi connectivity index (χ3n) is 2.54. The van der Waals surface area contributed by atoms with Gasteiger partial charge < -0.3 is 29.4 Å². The second-order valence-corrected chi connectivity index (χ2v) is 3.79. The van der Waals surface area contributed by atoms with Crippen molar-refractivity contribution in [3.05, 3.63) is 17.7 Å². The van der Waals surface area contributed by atoms with Crippen LogP contribution in [0.2, 0.25) is 0 Å². The van der Waals surface area contributed by atoms with Crippen LogP contribution in [-0.4, -0.2) is 39.8 Å². The summed E-state index contributed by atoms with van der Waals surface area (Å²) < 4.78 is 15.4. The van der Waals surface area contributed by atoms with Crippen LogP contribution in [-0.2, 0) is 4.79 Å². The number of methoxy groups -OCH3 is 3. The van der Waals surface area contributed by atoms with E-state index in [1.54, 1.807) is 0 Å². The molecule has 1 amide bonds. The van der Waals surface area contributed by atoms with Crippen molar-refractivity contribution < 1.29 is 28.9 Å². The molecule has 7 heteroatoms. The maximum atomic E-state index is 11.9. The second kappa shape index (κ2) is 7.22. The zero-order valence-electron chi connectivity index (χ0n) is 11.5. The maximum Gasteiger partial charge on any atom is 0.251 e. The summed E-state index contributed by atoms with van der Waals surface area (Å²) in [7, 11) is 4.34. The van der Waals surface area contributed by atoms with Crippen molar-refractivity contribution >= 4 is 11.9 Å². The molecule has 1 rings (SSSR count). The van der Waals surface area contributed by atoms with Crippen molar-refractivity contribution in [1.29, 1.82) is 0 Å². The molecule has 0 fully saturated rings. The lowest BCUT2D eigenvalue weighted by atomic mass is 10.1. The van der Waals surface area contributed by atoms with Crippen LogP contribution in [0.3, 0.4) is 0 Å². The first-order valence-corrected chi connectivity index (χ1v) is 5.81. The maximum absolute atomic E-state index is 11.9. The minimum Gasteiger partial charge on any atom is -0.550 e. The Morgan fingerprint density at radius 1 is 1.10 bits per heavy atom. The molecule has 0 aliphatic rings. The van der Waals surface area contributed by atoms with Gasteiger partial charge in [0.1, 0.15) is 0 Å². The topological polar surface area (TPSA) is 96.9 Å². The normalized spacial score (nSPS) is 9.75. The Balaban J connectivity index is 2.94. The number of hydrogen-bond donors (Lipinski definition) is 1. The van der Waals surface area contributed by atoms with E-state index < -0.39 is 11.9 Å². The molecule has 0 aliphatic heterocycles. The van der Waals surface area contributed by atoms with Gasteiger partial charge in [0.15, 0.2) is 11.5 Å². The average Bonchev–Trinajstić information content (AvgIpc) is 2.44. The van der Waals surface area contributed by atoms with Crippen LogP contribution in [0.5, 0.6) is 17.2 Å². The highest BCUT2D eigenvalue weighted by molar-refractivity contribution is 5.95. The molecule has 0 saturated heterocycles. The van der Waals surface area contributed by atoms with Gasteiger partial charge in [-0.2, -0.15) is 0 Å². The van der Waals surface area contributed by atoms with E-state index in [0.717, 1.165) is 0 Å². The van der Waals surface area contributed by atoms with Crippen LogP contribution in [0.15, 0.2) is 12.1 Å². The highest BCUT2D eigenvalue weighted by Crippen LogP contribution is 2.38. The number of benzene rings is 1. The molecule has 20 heavy (non-hydrogen) atoms. The van der Waals surface area contributed by atoms with Gasteiger partial charge in [-0.05, 0) is 12.1 Å². The van der Waals surface area contributed by atoms with Crippen molar-refractivity contribution in [3.8, 4) is 17.2 Å². The Bertz CT molecular complexity index is 475. The summed E-state index contributed by atoms with van der Waals surface area (Å²) >= 11 is 0. The molecular weight excluding hydrogens is 266 g/mol. The summed E-state index contributed by atoms with van der Waals surface area (Å²) in [5.74, 6) is -0.601. The van der Waals surface area contributed by atoms with Crippen molar-refractivity contribution in [2.24, 2.45) is 0 Å². The molecule has 7 nitrogen and oxygen atoms in total. The Morgan fingerprint density at radius 2 is 1.65 bits per heavy atom. The number of rotatable bonds is 7. The van der Waals surface area contributed by atoms with Crippen molar-refractivity contribution in [3.63, 3.8) is 0 Å². The van der Waals surface area contributed by atoms with Gasteiger partial charge in [-0.1, -0.05) is 0 Å². The summed E-state index contributed by atoms with van der Waals surface area (Å²) in [6, 6.07) is 2.96. The summed E-state index contributed by atoms with van der Waals surface area (Å²) in [4.78, 5) is 22.2. The van der Waals surface area contributed by atoms with E-state index in [2.05, 4.69) is 5.32 Å². The summed E-state index contributed by atoms with van der Waals surface area (Å²) in [5, 5.41) is 12.7. The average molecular weight is 282 g/mol. The van der Waals surface area contributed by atoms with Crippen LogP contribution < -0.4 is 24.6 Å². The third-order valence-corrected chi connectivity index (χ3v) is 2.54. The van der Waals surface area contributed by atoms with Crippen molar-refractivity contribution in [1.82, 2.24) is 5.32 Å². The van der Waals surface area contributed by atoms with Gasteiger partial charge in [-0.3, -0.25) is 4.79 Å². The highest BCUT2D eigenvalue weighted by Gasteiger charge is 2.16. The van der Waals surface area contributed by atoms with Gasteiger partial charge in [-0.15, -0.1) is 0 Å². The van der Waals surface area contributed by atoms with E-state index in [1.165, 1.54) is 33.5 Å². The molecule has 0 heterocycles. The van der Waals surface area contributed by atoms with E-state index in [9.17, 15) is 14.7 Å². The summed E-state index contributed by atoms with van der Waals surface area (Å²) in [6.45, 7) is -0.0160. The number of ether oxygens (including phenoxy) is 3. The van der Waals surface area contributed by atoms with Crippen molar-refractivity contribution in [2.45, 2.75) is 6.42 Å². The largest absolute Gasteiger partial charge is 0.550 e. The zero-order valence-corrected chi connectivity index (χ0v) is 11.5. The molecule has 0 saturated carbocycles. The van der Waals surface area contributed by atoms with Gasteiger partial charge >= 0.3 is 0 Å². The third kappa shape index (κ3) is 3.78. The predicted molar refractivity (Wildman–Crippen MR) is 68.1 cm³/mol. The molecule has 0 spiro atoms. The number of aliphatic carboxylic acids is 1. The first kappa shape index (κ1) is 15.6. The lowest BCUT2D eigenvalue weighted by Gasteiger charge is -2.14. The minimum atomic E-state index is -1.23. The fourth-order valence-electron chi connectivity index (χ4n) is 1.59. The van der Waals surface area contributed by atoms with Crippen LogP contribution in [0.1, 0.15) is 16.8 Å². The fourth-order valence-corrected chi connectivity index (χ4v) is 1.59. The quantitative estimate of drug-likeness (QED) is 0.729. The molecule has 0 atom stereocenters. The number of carboxylic acids is 1. The number of carbonyl (C=O) groups is 2. The molecule has 1 aromatic rings. The lowest BCUT2D eigenvalue weighted by molar-refractivity contribution is -0.305. The van der Waals surface area contributed by atoms with Gasteiger partial charge in [0.2, 0.25) is 5.75 Å². The van der Waals surface area contributed by atoms with Crippen LogP contribution >= 0.6 is 0 Å². The van der Waals surface area contributed by atoms with Gasteiger partial charge in [-0.25, -0.2) is 0 Å². The molecule has 0 unspecified atom stereocenters. The van der Waals surface area contributed by atoms with Gasteiger partial charge in [0, 0.05) is 24.5 Å². The Kier molecular flexibility index (Phi) is 5.64. The molecule has 0 aromatic heterocycles. The zero-order chi connectivity index (χ0) is 15.1. The number of carboxylic acid groups (broad SMARTS) is 1. The van der Waals surface area contributed by atoms with Crippen molar-refractivity contribution in [2.75, 3.05) is 27.9 Å². The number of hydrogen-bond acceptors (Lipinski definition) is 6. The molecule has 1 N–H and O–H groups in total. The van der Waals surface area contributed by atoms with Crippen LogP contribution in [0, 0.1) is 0 Å². The highest BCUT2D eigenvalue weighted by atomic mass is 16.5. The van der Waals surface area contributed by atoms with Gasteiger partial charge in [0.05, 0.1) is 21.3 Å². The van der Waals surface area contributed by atoms with Crippen LogP contribution in [0.4, 0.5) is 0 Å².